The molecule has 9 nitrogen and oxygen atoms in total. The molecule has 0 aliphatic heterocycles. The minimum Gasteiger partial charge on any atom is -0.494 e. The molecule has 0 aromatic carbocycles. The second-order valence-electron chi connectivity index (χ2n) is 7.38. The van der Waals surface area contributed by atoms with Crippen LogP contribution < -0.4 is 16.2 Å². The predicted octanol–water partition coefficient (Wildman–Crippen LogP) is 3.52. The summed E-state index contributed by atoms with van der Waals surface area (Å²) in [6.07, 6.45) is 3.11. The Morgan fingerprint density at radius 2 is 2.00 bits per heavy atom. The Labute approximate surface area is 199 Å². The fraction of sp³-hybridized carbons (Fsp3) is 0.318. The molecule has 6 N–H and O–H groups in total. The average molecular weight is 490 g/mol. The number of methoxy groups -OCH3 is 1. The maximum Gasteiger partial charge on any atom is 0.280 e. The first-order valence-electron chi connectivity index (χ1n) is 10.2. The van der Waals surface area contributed by atoms with Gasteiger partial charge in [0.1, 0.15) is 11.4 Å². The first kappa shape index (κ1) is 25.2. The Morgan fingerprint density at radius 3 is 2.62 bits per heavy atom. The zero-order valence-corrected chi connectivity index (χ0v) is 19.4. The molecule has 0 bridgehead atoms. The van der Waals surface area contributed by atoms with Crippen LogP contribution in [0.1, 0.15) is 42.4 Å². The molecule has 180 valence electrons. The maximum absolute atomic E-state index is 13.4. The second kappa shape index (κ2) is 11.2. The molecule has 1 saturated carbocycles. The van der Waals surface area contributed by atoms with Crippen molar-refractivity contribution in [1.82, 2.24) is 9.97 Å². The number of rotatable bonds is 8. The number of nitrogens with two attached hydrogens (primary N) is 2. The summed E-state index contributed by atoms with van der Waals surface area (Å²) in [5.41, 5.74) is 12.9. The number of ether oxygens (including phenoxy) is 1. The minimum atomic E-state index is -2.82. The quantitative estimate of drug-likeness (QED) is 0.326. The van der Waals surface area contributed by atoms with E-state index in [0.717, 1.165) is 24.6 Å². The van der Waals surface area contributed by atoms with Crippen LogP contribution >= 0.6 is 11.8 Å². The van der Waals surface area contributed by atoms with Gasteiger partial charge in [0.15, 0.2) is 11.4 Å². The predicted molar refractivity (Wildman–Crippen MR) is 130 cm³/mol. The van der Waals surface area contributed by atoms with Crippen molar-refractivity contribution in [2.45, 2.75) is 25.5 Å². The topological polar surface area (TPSA) is 156 Å². The highest BCUT2D eigenvalue weighted by Crippen LogP contribution is 2.38. The number of aliphatic imine (C=N–C) groups is 2. The van der Waals surface area contributed by atoms with Gasteiger partial charge in [-0.1, -0.05) is 0 Å². The smallest absolute Gasteiger partial charge is 0.280 e. The zero-order valence-electron chi connectivity index (χ0n) is 18.6. The Balaban J connectivity index is 2.11. The molecule has 2 aromatic rings. The number of halogens is 2. The van der Waals surface area contributed by atoms with Gasteiger partial charge in [0.2, 0.25) is 0 Å². The Kier molecular flexibility index (Phi) is 8.29. The van der Waals surface area contributed by atoms with E-state index in [1.54, 1.807) is 7.05 Å². The van der Waals surface area contributed by atoms with Crippen molar-refractivity contribution < 1.29 is 18.6 Å². The van der Waals surface area contributed by atoms with Gasteiger partial charge in [0.05, 0.1) is 29.7 Å². The lowest BCUT2D eigenvalue weighted by Crippen LogP contribution is -2.13. The summed E-state index contributed by atoms with van der Waals surface area (Å²) in [4.78, 5) is 15.9. The van der Waals surface area contributed by atoms with Gasteiger partial charge in [0.25, 0.3) is 6.43 Å². The number of nitrogens with zero attached hydrogens (tertiary/aromatic N) is 4. The number of hydrogen-bond acceptors (Lipinski definition) is 9. The zero-order chi connectivity index (χ0) is 24.8. The van der Waals surface area contributed by atoms with Crippen LogP contribution in [-0.2, 0) is 0 Å². The lowest BCUT2D eigenvalue weighted by molar-refractivity contribution is 0.146. The lowest BCUT2D eigenvalue weighted by Gasteiger charge is -2.17. The Morgan fingerprint density at radius 1 is 1.26 bits per heavy atom. The molecule has 0 spiro atoms. The summed E-state index contributed by atoms with van der Waals surface area (Å²) < 4.78 is 32.1. The number of thioether (sulfide) groups is 1. The number of allylic oxidation sites excluding steroid dienone is 1. The number of aromatic nitrogens is 2. The van der Waals surface area contributed by atoms with E-state index in [9.17, 15) is 13.9 Å². The molecule has 12 heteroatoms. The van der Waals surface area contributed by atoms with Crippen molar-refractivity contribution in [1.29, 1.82) is 5.41 Å². The molecule has 2 aromatic heterocycles. The number of alkyl halides is 2. The fourth-order valence-electron chi connectivity index (χ4n) is 3.01. The van der Waals surface area contributed by atoms with Crippen LogP contribution in [0.3, 0.4) is 0 Å². The van der Waals surface area contributed by atoms with E-state index in [-0.39, 0.29) is 33.7 Å². The normalized spacial score (nSPS) is 15.7. The SMILES string of the molecule is CN=C/C=C(\N)c1cc(-c2cc(C(F)F)ncc2OC)c(C(O)/N=C(\N)SC(=N)C2CC2)cn1. The number of aliphatic hydroxyl groups is 1. The van der Waals surface area contributed by atoms with E-state index in [2.05, 4.69) is 20.0 Å². The summed E-state index contributed by atoms with van der Waals surface area (Å²) in [7, 11) is 2.96. The van der Waals surface area contributed by atoms with Crippen molar-refractivity contribution in [2.75, 3.05) is 14.2 Å². The maximum atomic E-state index is 13.4. The van der Waals surface area contributed by atoms with Gasteiger partial charge in [-0.25, -0.2) is 13.8 Å². The average Bonchev–Trinajstić information content (AvgIpc) is 3.67. The van der Waals surface area contributed by atoms with Crippen molar-refractivity contribution in [2.24, 2.45) is 27.4 Å². The standard InChI is InChI=1S/C22H25F2N7O2S/c1-28-6-5-15(25)16-7-12(13-8-17(19(23)24)30-10-18(13)33-2)14(9-29-16)21(32)31-22(27)34-20(26)11-3-4-11/h5-11,19,21,26,32H,3-4,25H2,1-2H3,(H2,27,31)/b15-5-,26-20?,28-6?. The second-order valence-corrected chi connectivity index (χ2v) is 8.44. The Bertz CT molecular complexity index is 1150. The third kappa shape index (κ3) is 6.14. The van der Waals surface area contributed by atoms with Crippen LogP contribution in [0.15, 0.2) is 40.6 Å². The third-order valence-corrected chi connectivity index (χ3v) is 5.81. The molecule has 0 radical (unpaired) electrons. The lowest BCUT2D eigenvalue weighted by atomic mass is 9.98. The minimum absolute atomic E-state index is 0.00737. The molecule has 1 aliphatic rings. The summed E-state index contributed by atoms with van der Waals surface area (Å²) in [6.45, 7) is 0. The number of pyridine rings is 2. The van der Waals surface area contributed by atoms with E-state index in [0.29, 0.717) is 16.3 Å². The molecule has 1 fully saturated rings. The summed E-state index contributed by atoms with van der Waals surface area (Å²) >= 11 is 0.979. The van der Waals surface area contributed by atoms with Crippen LogP contribution in [0.25, 0.3) is 16.8 Å². The molecule has 0 saturated heterocycles. The van der Waals surface area contributed by atoms with Gasteiger partial charge in [-0.3, -0.25) is 20.4 Å². The van der Waals surface area contributed by atoms with E-state index < -0.39 is 18.3 Å². The molecule has 1 unspecified atom stereocenters. The largest absolute Gasteiger partial charge is 0.494 e. The van der Waals surface area contributed by atoms with Gasteiger partial charge in [-0.05, 0) is 48.4 Å². The molecular formula is C22H25F2N7O2S. The van der Waals surface area contributed by atoms with Crippen LogP contribution in [0.2, 0.25) is 0 Å². The van der Waals surface area contributed by atoms with Gasteiger partial charge in [0, 0.05) is 36.5 Å². The van der Waals surface area contributed by atoms with Crippen molar-refractivity contribution in [3.8, 4) is 16.9 Å². The van der Waals surface area contributed by atoms with E-state index in [4.69, 9.17) is 21.6 Å². The summed E-state index contributed by atoms with van der Waals surface area (Å²) in [5, 5.41) is 19.2. The van der Waals surface area contributed by atoms with Crippen molar-refractivity contribution in [3.63, 3.8) is 0 Å². The number of hydrogen-bond donors (Lipinski definition) is 4. The van der Waals surface area contributed by atoms with E-state index >= 15 is 0 Å². The van der Waals surface area contributed by atoms with Gasteiger partial charge in [-0.15, -0.1) is 0 Å². The third-order valence-electron chi connectivity index (χ3n) is 4.95. The van der Waals surface area contributed by atoms with Crippen LogP contribution in [0, 0.1) is 11.3 Å². The first-order chi connectivity index (χ1) is 16.2. The first-order valence-corrected chi connectivity index (χ1v) is 11.0. The number of amidine groups is 1. The monoisotopic (exact) mass is 489 g/mol. The van der Waals surface area contributed by atoms with Gasteiger partial charge >= 0.3 is 0 Å². The Hall–Kier alpha value is -3.38. The van der Waals surface area contributed by atoms with Crippen LogP contribution in [0.4, 0.5) is 8.78 Å². The summed E-state index contributed by atoms with van der Waals surface area (Å²) in [6, 6.07) is 2.71. The number of nitrogens with one attached hydrogen (secondary N) is 1. The highest BCUT2D eigenvalue weighted by molar-refractivity contribution is 8.26. The fourth-order valence-corrected chi connectivity index (χ4v) is 3.79. The molecule has 1 atom stereocenters. The molecule has 1 aliphatic carbocycles. The number of aliphatic hydroxyl groups excluding tert-OH is 1. The molecule has 3 rings (SSSR count). The van der Waals surface area contributed by atoms with Gasteiger partial charge < -0.3 is 21.3 Å². The molecule has 0 amide bonds. The van der Waals surface area contributed by atoms with Crippen molar-refractivity contribution in [3.05, 3.63) is 47.6 Å². The van der Waals surface area contributed by atoms with Crippen LogP contribution in [-0.4, -0.2) is 45.7 Å². The molecular weight excluding hydrogens is 464 g/mol. The van der Waals surface area contributed by atoms with E-state index in [1.165, 1.54) is 43.9 Å². The highest BCUT2D eigenvalue weighted by Gasteiger charge is 2.28. The van der Waals surface area contributed by atoms with Gasteiger partial charge in [-0.2, -0.15) is 0 Å². The van der Waals surface area contributed by atoms with Crippen LogP contribution in [0.5, 0.6) is 5.75 Å². The van der Waals surface area contributed by atoms with E-state index in [1.807, 2.05) is 0 Å². The highest BCUT2D eigenvalue weighted by atomic mass is 32.2. The summed E-state index contributed by atoms with van der Waals surface area (Å²) in [5.74, 6) is 0.386. The molecule has 34 heavy (non-hydrogen) atoms. The van der Waals surface area contributed by atoms with Crippen molar-refractivity contribution >= 4 is 33.9 Å². The molecule has 2 heterocycles.